The van der Waals surface area contributed by atoms with Crippen LogP contribution in [0.2, 0.25) is 0 Å². The Morgan fingerprint density at radius 3 is 1.82 bits per heavy atom. The molecule has 0 radical (unpaired) electrons. The van der Waals surface area contributed by atoms with Gasteiger partial charge in [0.1, 0.15) is 5.52 Å². The van der Waals surface area contributed by atoms with Gasteiger partial charge in [-0.3, -0.25) is 0 Å². The molecular formula is C51H44N4S. The third kappa shape index (κ3) is 5.48. The third-order valence-electron chi connectivity index (χ3n) is 12.1. The molecule has 5 heteroatoms. The second kappa shape index (κ2) is 13.9. The van der Waals surface area contributed by atoms with Crippen molar-refractivity contribution in [2.75, 3.05) is 4.90 Å². The van der Waals surface area contributed by atoms with Crippen molar-refractivity contribution >= 4 is 61.5 Å². The summed E-state index contributed by atoms with van der Waals surface area (Å²) in [6.07, 6.45) is 4.31. The van der Waals surface area contributed by atoms with Crippen molar-refractivity contribution in [1.29, 1.82) is 0 Å². The summed E-state index contributed by atoms with van der Waals surface area (Å²) in [4.78, 5) is 15.2. The molecule has 0 fully saturated rings. The number of thiophene rings is 1. The van der Waals surface area contributed by atoms with Crippen molar-refractivity contribution in [3.8, 4) is 32.0 Å². The molecule has 56 heavy (non-hydrogen) atoms. The number of para-hydroxylation sites is 4. The number of fused-ring (bicyclic) bond motifs is 7. The Labute approximate surface area is 332 Å². The lowest BCUT2D eigenvalue weighted by atomic mass is 9.73. The van der Waals surface area contributed by atoms with E-state index in [1.54, 1.807) is 0 Å². The topological polar surface area (TPSA) is 34.0 Å². The highest BCUT2D eigenvalue weighted by atomic mass is 32.1. The molecule has 9 aromatic rings. The zero-order valence-electron chi connectivity index (χ0n) is 32.2. The second-order valence-electron chi connectivity index (χ2n) is 15.1. The number of anilines is 3. The van der Waals surface area contributed by atoms with Gasteiger partial charge in [0.15, 0.2) is 5.65 Å². The van der Waals surface area contributed by atoms with Crippen molar-refractivity contribution in [2.24, 2.45) is 0 Å². The van der Waals surface area contributed by atoms with E-state index in [1.807, 2.05) is 23.5 Å². The van der Waals surface area contributed by atoms with Crippen molar-refractivity contribution in [1.82, 2.24) is 14.5 Å². The molecule has 0 saturated carbocycles. The lowest BCUT2D eigenvalue weighted by Crippen LogP contribution is -2.23. The van der Waals surface area contributed by atoms with Crippen molar-refractivity contribution < 1.29 is 0 Å². The minimum atomic E-state index is -0.0714. The Bertz CT molecular complexity index is 2840. The molecule has 3 heterocycles. The molecule has 1 aliphatic rings. The van der Waals surface area contributed by atoms with Crippen LogP contribution >= 0.6 is 11.3 Å². The number of unbranched alkanes of at least 4 members (excludes halogenated alkanes) is 1. The van der Waals surface area contributed by atoms with Crippen LogP contribution in [0.4, 0.5) is 17.1 Å². The molecule has 4 nitrogen and oxygen atoms in total. The summed E-state index contributed by atoms with van der Waals surface area (Å²) in [6, 6.07) is 55.5. The molecule has 0 amide bonds. The Morgan fingerprint density at radius 2 is 1.16 bits per heavy atom. The van der Waals surface area contributed by atoms with Crippen molar-refractivity contribution in [2.45, 2.75) is 58.4 Å². The van der Waals surface area contributed by atoms with Crippen LogP contribution in [-0.4, -0.2) is 14.5 Å². The lowest BCUT2D eigenvalue weighted by molar-refractivity contribution is 0.490. The standard InChI is InChI=1S/C51H44N4S/c1-4-7-30-54-46-27-23-34(31-41(46)49-50(54)53-45-21-15-14-20-44(45)52-49)47-28-29-48(56-47)35-22-25-39-40-26-24-38(33-43(40)51(5-2,6-3)42(39)32-35)55(36-16-10-8-11-17-36)37-18-12-9-13-19-37/h8-29,31-33H,4-7,30H2,1-3H3. The zero-order chi connectivity index (χ0) is 37.8. The summed E-state index contributed by atoms with van der Waals surface area (Å²) in [6.45, 7) is 7.90. The van der Waals surface area contributed by atoms with Gasteiger partial charge in [0.2, 0.25) is 0 Å². The first-order valence-corrected chi connectivity index (χ1v) is 20.9. The molecule has 1 aliphatic carbocycles. The Balaban J connectivity index is 1.03. The molecular weight excluding hydrogens is 701 g/mol. The number of nitrogens with zero attached hydrogens (tertiary/aromatic N) is 4. The molecule has 274 valence electrons. The second-order valence-corrected chi connectivity index (χ2v) is 16.2. The van der Waals surface area contributed by atoms with Gasteiger partial charge in [-0.15, -0.1) is 11.3 Å². The summed E-state index contributed by atoms with van der Waals surface area (Å²) < 4.78 is 2.37. The number of benzene rings is 6. The highest BCUT2D eigenvalue weighted by Crippen LogP contribution is 2.55. The van der Waals surface area contributed by atoms with Gasteiger partial charge in [-0.2, -0.15) is 0 Å². The number of hydrogen-bond acceptors (Lipinski definition) is 4. The van der Waals surface area contributed by atoms with E-state index in [2.05, 4.69) is 170 Å². The highest BCUT2D eigenvalue weighted by molar-refractivity contribution is 7.18. The average Bonchev–Trinajstić information content (AvgIpc) is 3.94. The van der Waals surface area contributed by atoms with Gasteiger partial charge in [0.05, 0.1) is 16.6 Å². The molecule has 0 bridgehead atoms. The maximum absolute atomic E-state index is 5.17. The largest absolute Gasteiger partial charge is 0.324 e. The van der Waals surface area contributed by atoms with Crippen LogP contribution in [-0.2, 0) is 12.0 Å². The van der Waals surface area contributed by atoms with E-state index >= 15 is 0 Å². The number of aromatic nitrogens is 3. The fourth-order valence-corrected chi connectivity index (χ4v) is 10.2. The summed E-state index contributed by atoms with van der Waals surface area (Å²) >= 11 is 1.87. The van der Waals surface area contributed by atoms with E-state index in [0.717, 1.165) is 65.8 Å². The first-order chi connectivity index (χ1) is 27.6. The maximum atomic E-state index is 5.17. The van der Waals surface area contributed by atoms with Gasteiger partial charge in [-0.1, -0.05) is 100.0 Å². The minimum absolute atomic E-state index is 0.0714. The van der Waals surface area contributed by atoms with Crippen LogP contribution in [0.3, 0.4) is 0 Å². The van der Waals surface area contributed by atoms with Gasteiger partial charge in [0.25, 0.3) is 0 Å². The molecule has 3 aromatic heterocycles. The third-order valence-corrected chi connectivity index (χ3v) is 13.3. The van der Waals surface area contributed by atoms with E-state index in [0.29, 0.717) is 0 Å². The van der Waals surface area contributed by atoms with Gasteiger partial charge in [-0.05, 0) is 132 Å². The van der Waals surface area contributed by atoms with Crippen LogP contribution in [0.1, 0.15) is 57.6 Å². The normalized spacial score (nSPS) is 13.1. The van der Waals surface area contributed by atoms with Crippen molar-refractivity contribution in [3.05, 3.63) is 163 Å². The Hall–Kier alpha value is -6.04. The zero-order valence-corrected chi connectivity index (χ0v) is 33.0. The molecule has 0 saturated heterocycles. The van der Waals surface area contributed by atoms with Crippen LogP contribution in [0.15, 0.2) is 152 Å². The maximum Gasteiger partial charge on any atom is 0.160 e. The number of rotatable bonds is 10. The van der Waals surface area contributed by atoms with E-state index in [-0.39, 0.29) is 5.41 Å². The Kier molecular flexibility index (Phi) is 8.56. The first kappa shape index (κ1) is 34.5. The monoisotopic (exact) mass is 744 g/mol. The Morgan fingerprint density at radius 1 is 0.571 bits per heavy atom. The lowest BCUT2D eigenvalue weighted by Gasteiger charge is -2.32. The van der Waals surface area contributed by atoms with E-state index in [4.69, 9.17) is 9.97 Å². The molecule has 0 atom stereocenters. The van der Waals surface area contributed by atoms with E-state index in [9.17, 15) is 0 Å². The van der Waals surface area contributed by atoms with Crippen LogP contribution < -0.4 is 4.90 Å². The first-order valence-electron chi connectivity index (χ1n) is 20.1. The number of aryl methyl sites for hydroxylation is 1. The molecule has 0 aliphatic heterocycles. The summed E-state index contributed by atoms with van der Waals surface area (Å²) in [5.74, 6) is 0. The summed E-state index contributed by atoms with van der Waals surface area (Å²) in [5.41, 5.74) is 16.6. The predicted octanol–water partition coefficient (Wildman–Crippen LogP) is 14.5. The van der Waals surface area contributed by atoms with Crippen LogP contribution in [0, 0.1) is 0 Å². The predicted molar refractivity (Wildman–Crippen MR) is 238 cm³/mol. The smallest absolute Gasteiger partial charge is 0.160 e. The minimum Gasteiger partial charge on any atom is -0.324 e. The highest BCUT2D eigenvalue weighted by Gasteiger charge is 2.41. The van der Waals surface area contributed by atoms with E-state index < -0.39 is 0 Å². The fourth-order valence-electron chi connectivity index (χ4n) is 9.17. The number of hydrogen-bond donors (Lipinski definition) is 0. The van der Waals surface area contributed by atoms with Gasteiger partial charge >= 0.3 is 0 Å². The molecule has 0 N–H and O–H groups in total. The molecule has 10 rings (SSSR count). The molecule has 0 spiro atoms. The molecule has 6 aromatic carbocycles. The van der Waals surface area contributed by atoms with E-state index in [1.165, 1.54) is 59.7 Å². The van der Waals surface area contributed by atoms with Crippen molar-refractivity contribution in [3.63, 3.8) is 0 Å². The summed E-state index contributed by atoms with van der Waals surface area (Å²) in [7, 11) is 0. The summed E-state index contributed by atoms with van der Waals surface area (Å²) in [5, 5.41) is 1.17. The van der Waals surface area contributed by atoms with Crippen LogP contribution in [0.25, 0.3) is 65.1 Å². The average molecular weight is 745 g/mol. The fraction of sp³-hybridized carbons (Fsp3) is 0.176. The van der Waals surface area contributed by atoms with Crippen LogP contribution in [0.5, 0.6) is 0 Å². The van der Waals surface area contributed by atoms with Gasteiger partial charge in [0, 0.05) is 44.2 Å². The van der Waals surface area contributed by atoms with Gasteiger partial charge < -0.3 is 9.47 Å². The SMILES string of the molecule is CCCCn1c2ccc(-c3ccc(-c4ccc5c(c4)C(CC)(CC)c4cc(N(c6ccccc6)c6ccccc6)ccc4-5)s3)cc2c2nc3ccccc3nc21. The van der Waals surface area contributed by atoms with Gasteiger partial charge in [-0.25, -0.2) is 9.97 Å². The quantitative estimate of drug-likeness (QED) is 0.140. The molecule has 0 unspecified atom stereocenters.